The van der Waals surface area contributed by atoms with E-state index in [9.17, 15) is 9.90 Å². The van der Waals surface area contributed by atoms with E-state index in [1.807, 2.05) is 0 Å². The first-order chi connectivity index (χ1) is 9.18. The fourth-order valence-electron chi connectivity index (χ4n) is 2.53. The van der Waals surface area contributed by atoms with E-state index in [-0.39, 0.29) is 0 Å². The van der Waals surface area contributed by atoms with Crippen molar-refractivity contribution < 1.29 is 9.90 Å². The van der Waals surface area contributed by atoms with E-state index >= 15 is 0 Å². The minimum atomic E-state index is -0.842. The summed E-state index contributed by atoms with van der Waals surface area (Å²) in [5.74, 6) is -0.236. The highest BCUT2D eigenvalue weighted by molar-refractivity contribution is 6.30. The maximum absolute atomic E-state index is 11.4. The van der Waals surface area contributed by atoms with Crippen LogP contribution < -0.4 is 0 Å². The second-order valence-electron chi connectivity index (χ2n) is 4.53. The van der Waals surface area contributed by atoms with Crippen molar-refractivity contribution in [2.75, 3.05) is 0 Å². The summed E-state index contributed by atoms with van der Waals surface area (Å²) in [7, 11) is 0. The molecule has 0 radical (unpaired) electrons. The molecule has 0 saturated heterocycles. The second-order valence-corrected chi connectivity index (χ2v) is 4.88. The van der Waals surface area contributed by atoms with Crippen LogP contribution in [0.4, 0.5) is 0 Å². The Hall–Kier alpha value is -1.88. The van der Waals surface area contributed by atoms with Gasteiger partial charge in [-0.15, -0.1) is 0 Å². The van der Waals surface area contributed by atoms with Crippen molar-refractivity contribution >= 4 is 17.6 Å². The molecule has 2 aromatic heterocycles. The van der Waals surface area contributed by atoms with Crippen LogP contribution in [0.1, 0.15) is 24.6 Å². The van der Waals surface area contributed by atoms with Gasteiger partial charge in [-0.25, -0.2) is 9.78 Å². The Morgan fingerprint density at radius 2 is 2.16 bits per heavy atom. The summed E-state index contributed by atoms with van der Waals surface area (Å²) >= 11 is 6.14. The van der Waals surface area contributed by atoms with Gasteiger partial charge in [0.05, 0.1) is 5.69 Å². The number of fused-ring (bicyclic) bond motifs is 1. The maximum Gasteiger partial charge on any atom is 0.326 e. The molecule has 3 heterocycles. The van der Waals surface area contributed by atoms with Crippen molar-refractivity contribution in [2.45, 2.75) is 25.3 Å². The average molecular weight is 278 g/mol. The van der Waals surface area contributed by atoms with Crippen LogP contribution in [0, 0.1) is 0 Å². The molecule has 0 bridgehead atoms. The number of halogens is 1. The normalized spacial score (nSPS) is 18.1. The number of nitrogens with zero attached hydrogens (tertiary/aromatic N) is 3. The number of carbonyl (C=O) groups is 1. The molecule has 0 aromatic carbocycles. The number of hydrogen-bond acceptors (Lipinski definition) is 3. The highest BCUT2D eigenvalue weighted by Crippen LogP contribution is 2.35. The molecule has 0 amide bonds. The molecule has 3 rings (SSSR count). The molecule has 0 aliphatic carbocycles. The van der Waals surface area contributed by atoms with Crippen LogP contribution in [-0.2, 0) is 11.2 Å². The molecule has 0 saturated carbocycles. The summed E-state index contributed by atoms with van der Waals surface area (Å²) in [6.45, 7) is 0. The predicted molar refractivity (Wildman–Crippen MR) is 70.1 cm³/mol. The van der Waals surface area contributed by atoms with Gasteiger partial charge in [-0.05, 0) is 31.4 Å². The average Bonchev–Trinajstić information content (AvgIpc) is 2.77. The SMILES string of the molecule is O=C(O)C1CCCc2c(Cl)nc(-c3ccncc3)n21. The third-order valence-corrected chi connectivity index (χ3v) is 3.69. The van der Waals surface area contributed by atoms with Crippen LogP contribution in [-0.4, -0.2) is 25.6 Å². The number of hydrogen-bond donors (Lipinski definition) is 1. The first-order valence-electron chi connectivity index (χ1n) is 6.08. The summed E-state index contributed by atoms with van der Waals surface area (Å²) in [6.07, 6.45) is 5.50. The third-order valence-electron chi connectivity index (χ3n) is 3.39. The predicted octanol–water partition coefficient (Wildman–Crippen LogP) is 2.56. The number of carboxylic acids is 1. The summed E-state index contributed by atoms with van der Waals surface area (Å²) in [5.41, 5.74) is 1.64. The van der Waals surface area contributed by atoms with Gasteiger partial charge in [0.25, 0.3) is 0 Å². The number of imidazole rings is 1. The van der Waals surface area contributed by atoms with Gasteiger partial charge in [0.15, 0.2) is 5.15 Å². The van der Waals surface area contributed by atoms with E-state index in [4.69, 9.17) is 11.6 Å². The van der Waals surface area contributed by atoms with E-state index < -0.39 is 12.0 Å². The van der Waals surface area contributed by atoms with Crippen molar-refractivity contribution in [3.63, 3.8) is 0 Å². The molecule has 0 spiro atoms. The van der Waals surface area contributed by atoms with Gasteiger partial charge in [-0.1, -0.05) is 11.6 Å². The number of pyridine rings is 1. The van der Waals surface area contributed by atoms with Gasteiger partial charge in [0.1, 0.15) is 11.9 Å². The Morgan fingerprint density at radius 1 is 1.42 bits per heavy atom. The summed E-state index contributed by atoms with van der Waals surface area (Å²) in [6, 6.07) is 3.02. The molecule has 5 nitrogen and oxygen atoms in total. The van der Waals surface area contributed by atoms with E-state index in [2.05, 4.69) is 9.97 Å². The minimum Gasteiger partial charge on any atom is -0.480 e. The van der Waals surface area contributed by atoms with Crippen LogP contribution in [0.3, 0.4) is 0 Å². The molecule has 1 N–H and O–H groups in total. The Labute approximate surface area is 114 Å². The molecular formula is C13H12ClN3O2. The van der Waals surface area contributed by atoms with Crippen LogP contribution in [0.5, 0.6) is 0 Å². The molecule has 19 heavy (non-hydrogen) atoms. The molecule has 98 valence electrons. The van der Waals surface area contributed by atoms with Gasteiger partial charge < -0.3 is 9.67 Å². The van der Waals surface area contributed by atoms with E-state index in [1.165, 1.54) is 0 Å². The molecule has 2 aromatic rings. The summed E-state index contributed by atoms with van der Waals surface area (Å²) in [5, 5.41) is 9.76. The van der Waals surface area contributed by atoms with E-state index in [1.54, 1.807) is 29.1 Å². The van der Waals surface area contributed by atoms with Gasteiger partial charge >= 0.3 is 5.97 Å². The number of rotatable bonds is 2. The van der Waals surface area contributed by atoms with Crippen molar-refractivity contribution in [3.8, 4) is 11.4 Å². The second kappa shape index (κ2) is 4.66. The van der Waals surface area contributed by atoms with E-state index in [0.29, 0.717) is 17.4 Å². The fourth-order valence-corrected chi connectivity index (χ4v) is 2.79. The van der Waals surface area contributed by atoms with Gasteiger partial charge in [-0.3, -0.25) is 4.98 Å². The van der Waals surface area contributed by atoms with Crippen molar-refractivity contribution in [1.82, 2.24) is 14.5 Å². The maximum atomic E-state index is 11.4. The fraction of sp³-hybridized carbons (Fsp3) is 0.308. The number of carboxylic acid groups (broad SMARTS) is 1. The van der Waals surface area contributed by atoms with Gasteiger partial charge in [0, 0.05) is 18.0 Å². The molecular weight excluding hydrogens is 266 g/mol. The lowest BCUT2D eigenvalue weighted by Gasteiger charge is -2.24. The summed E-state index contributed by atoms with van der Waals surface area (Å²) < 4.78 is 1.75. The van der Waals surface area contributed by atoms with Gasteiger partial charge in [0.2, 0.25) is 0 Å². The zero-order valence-corrected chi connectivity index (χ0v) is 10.8. The third kappa shape index (κ3) is 2.00. The number of aliphatic carboxylic acids is 1. The number of aromatic nitrogens is 3. The van der Waals surface area contributed by atoms with Crippen molar-refractivity contribution in [3.05, 3.63) is 35.4 Å². The highest BCUT2D eigenvalue weighted by Gasteiger charge is 2.31. The molecule has 1 atom stereocenters. The smallest absolute Gasteiger partial charge is 0.326 e. The molecule has 6 heteroatoms. The zero-order chi connectivity index (χ0) is 13.4. The topological polar surface area (TPSA) is 68.0 Å². The monoisotopic (exact) mass is 277 g/mol. The van der Waals surface area contributed by atoms with Crippen molar-refractivity contribution in [2.24, 2.45) is 0 Å². The lowest BCUT2D eigenvalue weighted by molar-refractivity contribution is -0.141. The zero-order valence-electron chi connectivity index (χ0n) is 10.1. The molecule has 1 aliphatic rings. The Kier molecular flexibility index (Phi) is 2.98. The highest BCUT2D eigenvalue weighted by atomic mass is 35.5. The lowest BCUT2D eigenvalue weighted by Crippen LogP contribution is -2.25. The summed E-state index contributed by atoms with van der Waals surface area (Å²) in [4.78, 5) is 19.7. The Morgan fingerprint density at radius 3 is 2.84 bits per heavy atom. The first-order valence-corrected chi connectivity index (χ1v) is 6.46. The van der Waals surface area contributed by atoms with Crippen LogP contribution in [0.15, 0.2) is 24.5 Å². The largest absolute Gasteiger partial charge is 0.480 e. The minimum absolute atomic E-state index is 0.401. The first kappa shape index (κ1) is 12.2. The lowest BCUT2D eigenvalue weighted by atomic mass is 10.0. The Bertz CT molecular complexity index is 624. The Balaban J connectivity index is 2.20. The van der Waals surface area contributed by atoms with Crippen molar-refractivity contribution in [1.29, 1.82) is 0 Å². The standard InChI is InChI=1S/C13H12ClN3O2/c14-11-9-2-1-3-10(13(18)19)17(9)12(16-11)8-4-6-15-7-5-8/h4-7,10H,1-3H2,(H,18,19). The van der Waals surface area contributed by atoms with Gasteiger partial charge in [-0.2, -0.15) is 0 Å². The van der Waals surface area contributed by atoms with E-state index in [0.717, 1.165) is 24.1 Å². The van der Waals surface area contributed by atoms with Crippen LogP contribution >= 0.6 is 11.6 Å². The van der Waals surface area contributed by atoms with Crippen LogP contribution in [0.25, 0.3) is 11.4 Å². The molecule has 1 aliphatic heterocycles. The van der Waals surface area contributed by atoms with Crippen LogP contribution in [0.2, 0.25) is 5.15 Å². The quantitative estimate of drug-likeness (QED) is 0.916. The molecule has 0 fully saturated rings. The molecule has 1 unspecified atom stereocenters.